The average molecular weight is 300 g/mol. The highest BCUT2D eigenvalue weighted by Gasteiger charge is 2.14. The van der Waals surface area contributed by atoms with Crippen LogP contribution < -0.4 is 0 Å². The Labute approximate surface area is 93.1 Å². The second-order valence-electron chi connectivity index (χ2n) is 2.38. The largest absolute Gasteiger partial charge is 0.478 e. The summed E-state index contributed by atoms with van der Waals surface area (Å²) < 4.78 is 21.9. The van der Waals surface area contributed by atoms with E-state index in [4.69, 9.17) is 15.8 Å². The van der Waals surface area contributed by atoms with E-state index in [1.54, 1.807) is 0 Å². The van der Waals surface area contributed by atoms with Gasteiger partial charge in [0.2, 0.25) is 0 Å². The fourth-order valence-electron chi connectivity index (χ4n) is 0.821. The molecule has 7 heteroatoms. The Bertz CT molecular complexity index is 482. The molecule has 0 saturated carbocycles. The molecule has 0 unspecified atom stereocenters. The number of aromatic carboxylic acids is 1. The molecule has 1 N–H and O–H groups in total. The van der Waals surface area contributed by atoms with Gasteiger partial charge in [-0.2, -0.15) is 0 Å². The maximum atomic E-state index is 10.9. The van der Waals surface area contributed by atoms with Crippen LogP contribution in [0.4, 0.5) is 0 Å². The van der Waals surface area contributed by atoms with Gasteiger partial charge < -0.3 is 5.11 Å². The number of hydrogen-bond donors (Lipinski definition) is 1. The molecule has 0 heterocycles. The van der Waals surface area contributed by atoms with Gasteiger partial charge in [-0.1, -0.05) is 0 Å². The summed E-state index contributed by atoms with van der Waals surface area (Å²) in [7, 11) is 1.25. The number of carboxylic acids is 1. The molecule has 0 aromatic heterocycles. The first-order chi connectivity index (χ1) is 6.32. The minimum absolute atomic E-state index is 0.0194. The molecular weight excluding hydrogens is 295 g/mol. The third-order valence-electron chi connectivity index (χ3n) is 1.45. The van der Waals surface area contributed by atoms with E-state index in [-0.39, 0.29) is 14.9 Å². The minimum Gasteiger partial charge on any atom is -0.478 e. The quantitative estimate of drug-likeness (QED) is 0.849. The smallest absolute Gasteiger partial charge is 0.336 e. The Morgan fingerprint density at radius 1 is 1.43 bits per heavy atom. The van der Waals surface area contributed by atoms with Crippen LogP contribution in [-0.4, -0.2) is 19.5 Å². The molecule has 0 radical (unpaired) electrons. The zero-order valence-corrected chi connectivity index (χ0v) is 9.73. The zero-order chi connectivity index (χ0) is 10.9. The summed E-state index contributed by atoms with van der Waals surface area (Å²) in [5.74, 6) is -1.14. The number of rotatable bonds is 2. The number of benzene rings is 1. The van der Waals surface area contributed by atoms with Crippen molar-refractivity contribution in [2.75, 3.05) is 0 Å². The summed E-state index contributed by atoms with van der Waals surface area (Å²) >= 11 is 2.94. The van der Waals surface area contributed by atoms with Crippen molar-refractivity contribution in [1.29, 1.82) is 0 Å². The van der Waals surface area contributed by atoms with Gasteiger partial charge in [-0.15, -0.1) is 0 Å². The van der Waals surface area contributed by atoms with Crippen molar-refractivity contribution in [2.24, 2.45) is 0 Å². The number of hydrogen-bond acceptors (Lipinski definition) is 3. The fourth-order valence-corrected chi connectivity index (χ4v) is 2.30. The van der Waals surface area contributed by atoms with Crippen molar-refractivity contribution < 1.29 is 18.3 Å². The van der Waals surface area contributed by atoms with Crippen LogP contribution in [0, 0.1) is 0 Å². The molecule has 0 aliphatic rings. The van der Waals surface area contributed by atoms with E-state index >= 15 is 0 Å². The molecule has 4 nitrogen and oxygen atoms in total. The molecule has 14 heavy (non-hydrogen) atoms. The molecule has 0 bridgehead atoms. The lowest BCUT2D eigenvalue weighted by molar-refractivity contribution is 0.0696. The van der Waals surface area contributed by atoms with Crippen LogP contribution in [0.1, 0.15) is 10.4 Å². The molecule has 0 saturated heterocycles. The lowest BCUT2D eigenvalue weighted by Gasteiger charge is -2.00. The van der Waals surface area contributed by atoms with E-state index in [9.17, 15) is 13.2 Å². The SMILES string of the molecule is O=C(O)c1ccc(S(=O)(=O)Cl)cc1Br. The molecule has 0 atom stereocenters. The highest BCUT2D eigenvalue weighted by Crippen LogP contribution is 2.23. The van der Waals surface area contributed by atoms with Gasteiger partial charge >= 0.3 is 5.97 Å². The average Bonchev–Trinajstić information content (AvgIpc) is 2.01. The molecule has 0 aliphatic heterocycles. The van der Waals surface area contributed by atoms with Crippen LogP contribution in [-0.2, 0) is 9.05 Å². The first-order valence-electron chi connectivity index (χ1n) is 3.30. The minimum atomic E-state index is -3.82. The normalized spacial score (nSPS) is 11.3. The number of carbonyl (C=O) groups is 1. The second kappa shape index (κ2) is 3.88. The predicted molar refractivity (Wildman–Crippen MR) is 54.1 cm³/mol. The zero-order valence-electron chi connectivity index (χ0n) is 6.57. The number of carboxylic acid groups (broad SMARTS) is 1. The van der Waals surface area contributed by atoms with Gasteiger partial charge in [0.15, 0.2) is 0 Å². The van der Waals surface area contributed by atoms with Gasteiger partial charge in [0.1, 0.15) is 0 Å². The van der Waals surface area contributed by atoms with Crippen molar-refractivity contribution in [3.8, 4) is 0 Å². The summed E-state index contributed by atoms with van der Waals surface area (Å²) in [5, 5.41) is 8.65. The molecular formula is C7H4BrClO4S. The third kappa shape index (κ3) is 2.46. The van der Waals surface area contributed by atoms with Crippen molar-refractivity contribution >= 4 is 41.6 Å². The Morgan fingerprint density at radius 2 is 2.00 bits per heavy atom. The van der Waals surface area contributed by atoms with E-state index in [1.165, 1.54) is 6.07 Å². The Morgan fingerprint density at radius 3 is 2.36 bits per heavy atom. The molecule has 1 rings (SSSR count). The van der Waals surface area contributed by atoms with Crippen LogP contribution >= 0.6 is 26.6 Å². The van der Waals surface area contributed by atoms with Gasteiger partial charge in [-0.05, 0) is 34.1 Å². The van der Waals surface area contributed by atoms with E-state index < -0.39 is 15.0 Å². The topological polar surface area (TPSA) is 71.4 Å². The molecule has 1 aromatic rings. The standard InChI is InChI=1S/C7H4BrClO4S/c8-6-3-4(14(9,12)13)1-2-5(6)7(10)11/h1-3H,(H,10,11). The number of halogens is 2. The lowest BCUT2D eigenvalue weighted by Crippen LogP contribution is -1.99. The van der Waals surface area contributed by atoms with Crippen molar-refractivity contribution in [3.05, 3.63) is 28.2 Å². The van der Waals surface area contributed by atoms with Gasteiger partial charge in [0, 0.05) is 15.2 Å². The predicted octanol–water partition coefficient (Wildman–Crippen LogP) is 2.07. The monoisotopic (exact) mass is 298 g/mol. The molecule has 76 valence electrons. The highest BCUT2D eigenvalue weighted by atomic mass is 79.9. The molecule has 0 spiro atoms. The van der Waals surface area contributed by atoms with Crippen molar-refractivity contribution in [2.45, 2.75) is 4.90 Å². The Hall–Kier alpha value is -0.590. The Kier molecular flexibility index (Phi) is 3.18. The maximum Gasteiger partial charge on any atom is 0.336 e. The van der Waals surface area contributed by atoms with Gasteiger partial charge in [-0.3, -0.25) is 0 Å². The van der Waals surface area contributed by atoms with Crippen LogP contribution in [0.25, 0.3) is 0 Å². The van der Waals surface area contributed by atoms with E-state index in [0.29, 0.717) is 0 Å². The first kappa shape index (κ1) is 11.5. The van der Waals surface area contributed by atoms with Crippen LogP contribution in [0.3, 0.4) is 0 Å². The lowest BCUT2D eigenvalue weighted by atomic mass is 10.2. The van der Waals surface area contributed by atoms with Crippen molar-refractivity contribution in [3.63, 3.8) is 0 Å². The summed E-state index contributed by atoms with van der Waals surface area (Å²) in [6.45, 7) is 0. The third-order valence-corrected chi connectivity index (χ3v) is 3.46. The van der Waals surface area contributed by atoms with Crippen LogP contribution in [0.15, 0.2) is 27.6 Å². The molecule has 1 aromatic carbocycles. The summed E-state index contributed by atoms with van der Waals surface area (Å²) in [6.07, 6.45) is 0. The summed E-state index contributed by atoms with van der Waals surface area (Å²) in [4.78, 5) is 10.4. The summed E-state index contributed by atoms with van der Waals surface area (Å²) in [5.41, 5.74) is -0.0194. The van der Waals surface area contributed by atoms with E-state index in [0.717, 1.165) is 12.1 Å². The summed E-state index contributed by atoms with van der Waals surface area (Å²) in [6, 6.07) is 3.45. The van der Waals surface area contributed by atoms with Crippen molar-refractivity contribution in [1.82, 2.24) is 0 Å². The van der Waals surface area contributed by atoms with Gasteiger partial charge in [0.25, 0.3) is 9.05 Å². The van der Waals surface area contributed by atoms with Gasteiger partial charge in [0.05, 0.1) is 10.5 Å². The van der Waals surface area contributed by atoms with Crippen LogP contribution in [0.2, 0.25) is 0 Å². The highest BCUT2D eigenvalue weighted by molar-refractivity contribution is 9.10. The molecule has 0 aliphatic carbocycles. The van der Waals surface area contributed by atoms with Gasteiger partial charge in [-0.25, -0.2) is 13.2 Å². The Balaban J connectivity index is 3.34. The van der Waals surface area contributed by atoms with E-state index in [1.807, 2.05) is 0 Å². The molecule has 0 fully saturated rings. The van der Waals surface area contributed by atoms with E-state index in [2.05, 4.69) is 15.9 Å². The van der Waals surface area contributed by atoms with Crippen LogP contribution in [0.5, 0.6) is 0 Å². The second-order valence-corrected chi connectivity index (χ2v) is 5.80. The first-order valence-corrected chi connectivity index (χ1v) is 6.40. The molecule has 0 amide bonds. The fraction of sp³-hybridized carbons (Fsp3) is 0. The maximum absolute atomic E-state index is 10.9.